The predicted octanol–water partition coefficient (Wildman–Crippen LogP) is 2.51. The Labute approximate surface area is 106 Å². The zero-order valence-corrected chi connectivity index (χ0v) is 10.6. The number of pyridine rings is 1. The van der Waals surface area contributed by atoms with Crippen molar-refractivity contribution in [3.63, 3.8) is 0 Å². The van der Waals surface area contributed by atoms with Gasteiger partial charge in [-0.25, -0.2) is 13.8 Å². The minimum absolute atomic E-state index is 0.432. The molecule has 5 heteroatoms. The minimum atomic E-state index is -2.61. The van der Waals surface area contributed by atoms with Crippen LogP contribution in [-0.2, 0) is 5.54 Å². The molecule has 0 aromatic carbocycles. The van der Waals surface area contributed by atoms with E-state index in [0.717, 1.165) is 25.9 Å². The molecule has 0 aliphatic carbocycles. The number of rotatable bonds is 3. The SMILES string of the molecule is CC(N)(c1cccnc1N1CCCCC1)C(F)F. The van der Waals surface area contributed by atoms with E-state index in [0.29, 0.717) is 11.4 Å². The quantitative estimate of drug-likeness (QED) is 0.902. The molecule has 1 unspecified atom stereocenters. The predicted molar refractivity (Wildman–Crippen MR) is 67.8 cm³/mol. The molecule has 2 rings (SSSR count). The van der Waals surface area contributed by atoms with Gasteiger partial charge in [0.25, 0.3) is 6.43 Å². The lowest BCUT2D eigenvalue weighted by atomic mass is 9.93. The first-order chi connectivity index (χ1) is 8.53. The molecule has 2 N–H and O–H groups in total. The molecule has 0 amide bonds. The molecule has 1 aliphatic heterocycles. The number of nitrogens with two attached hydrogens (primary N) is 1. The van der Waals surface area contributed by atoms with Crippen molar-refractivity contribution in [3.8, 4) is 0 Å². The highest BCUT2D eigenvalue weighted by molar-refractivity contribution is 5.50. The van der Waals surface area contributed by atoms with Crippen LogP contribution in [0.25, 0.3) is 0 Å². The zero-order valence-electron chi connectivity index (χ0n) is 10.6. The van der Waals surface area contributed by atoms with Crippen LogP contribution in [0.15, 0.2) is 18.3 Å². The van der Waals surface area contributed by atoms with Gasteiger partial charge in [-0.1, -0.05) is 6.07 Å². The Bertz CT molecular complexity index is 401. The molecule has 0 spiro atoms. The first kappa shape index (κ1) is 13.2. The van der Waals surface area contributed by atoms with E-state index >= 15 is 0 Å². The van der Waals surface area contributed by atoms with E-state index in [2.05, 4.69) is 9.88 Å². The van der Waals surface area contributed by atoms with Crippen LogP contribution in [-0.4, -0.2) is 24.5 Å². The number of hydrogen-bond donors (Lipinski definition) is 1. The number of alkyl halides is 2. The summed E-state index contributed by atoms with van der Waals surface area (Å²) < 4.78 is 26.1. The van der Waals surface area contributed by atoms with Gasteiger partial charge < -0.3 is 10.6 Å². The fourth-order valence-corrected chi connectivity index (χ4v) is 2.29. The molecule has 0 bridgehead atoms. The Morgan fingerprint density at radius 1 is 1.33 bits per heavy atom. The highest BCUT2D eigenvalue weighted by atomic mass is 19.3. The van der Waals surface area contributed by atoms with E-state index in [9.17, 15) is 8.78 Å². The van der Waals surface area contributed by atoms with Crippen molar-refractivity contribution in [2.24, 2.45) is 5.73 Å². The average molecular weight is 255 g/mol. The summed E-state index contributed by atoms with van der Waals surface area (Å²) in [5.41, 5.74) is 4.55. The molecule has 0 radical (unpaired) electrons. The van der Waals surface area contributed by atoms with Crippen LogP contribution in [0.5, 0.6) is 0 Å². The molecule has 0 saturated carbocycles. The number of aromatic nitrogens is 1. The van der Waals surface area contributed by atoms with Crippen molar-refractivity contribution < 1.29 is 8.78 Å². The second-order valence-electron chi connectivity index (χ2n) is 5.01. The largest absolute Gasteiger partial charge is 0.356 e. The Balaban J connectivity index is 2.36. The van der Waals surface area contributed by atoms with Gasteiger partial charge in [-0.3, -0.25) is 0 Å². The lowest BCUT2D eigenvalue weighted by Crippen LogP contribution is -2.43. The normalized spacial score (nSPS) is 19.9. The molecule has 100 valence electrons. The fraction of sp³-hybridized carbons (Fsp3) is 0.615. The molecule has 1 aromatic heterocycles. The van der Waals surface area contributed by atoms with Crippen LogP contribution < -0.4 is 10.6 Å². The molecule has 1 aromatic rings. The highest BCUT2D eigenvalue weighted by Crippen LogP contribution is 2.32. The van der Waals surface area contributed by atoms with Crippen molar-refractivity contribution >= 4 is 5.82 Å². The van der Waals surface area contributed by atoms with Crippen LogP contribution in [0.3, 0.4) is 0 Å². The minimum Gasteiger partial charge on any atom is -0.356 e. The maximum Gasteiger partial charge on any atom is 0.260 e. The van der Waals surface area contributed by atoms with E-state index in [1.165, 1.54) is 13.3 Å². The number of piperidine rings is 1. The molecule has 1 saturated heterocycles. The van der Waals surface area contributed by atoms with Crippen molar-refractivity contribution in [2.75, 3.05) is 18.0 Å². The van der Waals surface area contributed by atoms with E-state index in [-0.39, 0.29) is 0 Å². The number of nitrogens with zero attached hydrogens (tertiary/aromatic N) is 2. The van der Waals surface area contributed by atoms with Crippen LogP contribution in [0.2, 0.25) is 0 Å². The Morgan fingerprint density at radius 3 is 2.61 bits per heavy atom. The Morgan fingerprint density at radius 2 is 2.00 bits per heavy atom. The Kier molecular flexibility index (Phi) is 3.80. The lowest BCUT2D eigenvalue weighted by Gasteiger charge is -2.33. The number of anilines is 1. The second-order valence-corrected chi connectivity index (χ2v) is 5.01. The summed E-state index contributed by atoms with van der Waals surface area (Å²) >= 11 is 0. The number of halogens is 2. The third kappa shape index (κ3) is 2.46. The van der Waals surface area contributed by atoms with Crippen molar-refractivity contribution in [1.82, 2.24) is 4.98 Å². The van der Waals surface area contributed by atoms with Gasteiger partial charge >= 0.3 is 0 Å². The van der Waals surface area contributed by atoms with Crippen molar-refractivity contribution in [1.29, 1.82) is 0 Å². The summed E-state index contributed by atoms with van der Waals surface area (Å²) in [4.78, 5) is 6.33. The molecule has 3 nitrogen and oxygen atoms in total. The maximum absolute atomic E-state index is 13.1. The molecule has 1 aliphatic rings. The van der Waals surface area contributed by atoms with E-state index in [4.69, 9.17) is 5.73 Å². The van der Waals surface area contributed by atoms with Gasteiger partial charge in [0.1, 0.15) is 11.4 Å². The zero-order chi connectivity index (χ0) is 13.2. The topological polar surface area (TPSA) is 42.1 Å². The third-order valence-electron chi connectivity index (χ3n) is 3.48. The van der Waals surface area contributed by atoms with E-state index < -0.39 is 12.0 Å². The summed E-state index contributed by atoms with van der Waals surface area (Å²) in [7, 11) is 0. The summed E-state index contributed by atoms with van der Waals surface area (Å²) in [5, 5.41) is 0. The van der Waals surface area contributed by atoms with Crippen LogP contribution in [0, 0.1) is 0 Å². The summed E-state index contributed by atoms with van der Waals surface area (Å²) in [6.07, 6.45) is 2.37. The van der Waals surface area contributed by atoms with E-state index in [1.807, 2.05) is 0 Å². The maximum atomic E-state index is 13.1. The smallest absolute Gasteiger partial charge is 0.260 e. The van der Waals surface area contributed by atoms with Gasteiger partial charge in [-0.15, -0.1) is 0 Å². The first-order valence-corrected chi connectivity index (χ1v) is 6.31. The van der Waals surface area contributed by atoms with E-state index in [1.54, 1.807) is 18.3 Å². The van der Waals surface area contributed by atoms with Gasteiger partial charge in [-0.05, 0) is 32.3 Å². The molecular formula is C13H19F2N3. The lowest BCUT2D eigenvalue weighted by molar-refractivity contribution is 0.0625. The highest BCUT2D eigenvalue weighted by Gasteiger charge is 2.36. The van der Waals surface area contributed by atoms with Crippen molar-refractivity contribution in [3.05, 3.63) is 23.9 Å². The van der Waals surface area contributed by atoms with Gasteiger partial charge in [0.05, 0.1) is 0 Å². The van der Waals surface area contributed by atoms with Gasteiger partial charge in [-0.2, -0.15) is 0 Å². The molecule has 1 atom stereocenters. The molecule has 2 heterocycles. The number of hydrogen-bond acceptors (Lipinski definition) is 3. The van der Waals surface area contributed by atoms with Gasteiger partial charge in [0, 0.05) is 24.8 Å². The Hall–Kier alpha value is -1.23. The van der Waals surface area contributed by atoms with Crippen LogP contribution in [0.4, 0.5) is 14.6 Å². The fourth-order valence-electron chi connectivity index (χ4n) is 2.29. The third-order valence-corrected chi connectivity index (χ3v) is 3.48. The average Bonchev–Trinajstić information content (AvgIpc) is 2.39. The van der Waals surface area contributed by atoms with Crippen molar-refractivity contribution in [2.45, 2.75) is 38.2 Å². The van der Waals surface area contributed by atoms with Crippen LogP contribution in [0.1, 0.15) is 31.7 Å². The molecular weight excluding hydrogens is 236 g/mol. The molecule has 1 fully saturated rings. The summed E-state index contributed by atoms with van der Waals surface area (Å²) in [5.74, 6) is 0.613. The van der Waals surface area contributed by atoms with Crippen LogP contribution >= 0.6 is 0 Å². The monoisotopic (exact) mass is 255 g/mol. The second kappa shape index (κ2) is 5.18. The molecule has 18 heavy (non-hydrogen) atoms. The standard InChI is InChI=1S/C13H19F2N3/c1-13(16,12(14)15)10-6-5-7-17-11(10)18-8-3-2-4-9-18/h5-7,12H,2-4,8-9,16H2,1H3. The first-order valence-electron chi connectivity index (χ1n) is 6.31. The summed E-state index contributed by atoms with van der Waals surface area (Å²) in [6.45, 7) is 3.09. The van der Waals surface area contributed by atoms with Gasteiger partial charge in [0.2, 0.25) is 0 Å². The van der Waals surface area contributed by atoms with Gasteiger partial charge in [0.15, 0.2) is 0 Å². The summed E-state index contributed by atoms with van der Waals surface area (Å²) in [6, 6.07) is 3.32.